The Balaban J connectivity index is 0.968. The number of hydrogen-bond donors (Lipinski definition) is 1. The van der Waals surface area contributed by atoms with Gasteiger partial charge in [-0.05, 0) is 0 Å². The van der Waals surface area contributed by atoms with Gasteiger partial charge in [0, 0.05) is 0 Å². The molecule has 0 aromatic heterocycles. The predicted octanol–water partition coefficient (Wildman–Crippen LogP) is 8.58. The average Bonchev–Trinajstić information content (AvgIpc) is 3.80. The van der Waals surface area contributed by atoms with Crippen LogP contribution in [0.25, 0.3) is 0 Å². The van der Waals surface area contributed by atoms with Crippen LogP contribution in [0.5, 0.6) is 0 Å². The molecule has 10 saturated heterocycles. The monoisotopic (exact) mass is 480 g/mol. The Morgan fingerprint density at radius 1 is 0.697 bits per heavy atom. The van der Waals surface area contributed by atoms with Gasteiger partial charge in [-0.3, -0.25) is 0 Å². The predicted molar refractivity (Wildman–Crippen MR) is 129 cm³/mol. The van der Waals surface area contributed by atoms with Gasteiger partial charge in [-0.2, -0.15) is 0 Å². The van der Waals surface area contributed by atoms with E-state index in [0.29, 0.717) is 4.31 Å². The number of aryl methyl sites for hydroxylation is 1. The van der Waals surface area contributed by atoms with Crippen molar-refractivity contribution in [3.63, 3.8) is 0 Å². The second-order valence-electron chi connectivity index (χ2n) is 16.0. The van der Waals surface area contributed by atoms with Crippen molar-refractivity contribution in [1.29, 1.82) is 0 Å². The second kappa shape index (κ2) is 2.38. The third-order valence-corrected chi connectivity index (χ3v) is 62.1. The SMILES string of the molecule is CCCCCCCCc1ccc(C(O)(c2ccccc2)[C]23[CH]4[CH]5[CH]6[CH]2[Fe]56432789[CH]3[CH]2[CH]7[CH]8[CH]39)cc1. The number of unbranched alkanes of at least 4 members (excludes halogenated alkanes) is 5. The number of hydrogen-bond acceptors (Lipinski definition) is 1. The fourth-order valence-corrected chi connectivity index (χ4v) is 95.4. The summed E-state index contributed by atoms with van der Waals surface area (Å²) in [6.07, 6.45) is 9.34. The van der Waals surface area contributed by atoms with Gasteiger partial charge in [0.05, 0.1) is 0 Å². The molecule has 10 aliphatic heterocycles. The zero-order chi connectivity index (χ0) is 21.6. The van der Waals surface area contributed by atoms with Crippen LogP contribution in [0.3, 0.4) is 0 Å². The summed E-state index contributed by atoms with van der Waals surface area (Å²) < 4.78 is 0.397. The van der Waals surface area contributed by atoms with E-state index in [1.54, 1.807) is 0 Å². The van der Waals surface area contributed by atoms with Crippen molar-refractivity contribution >= 4 is 0 Å². The first kappa shape index (κ1) is 16.6. The number of aliphatic hydroxyl groups is 1. The van der Waals surface area contributed by atoms with E-state index in [4.69, 9.17) is 0 Å². The normalized spacial score (nSPS) is 69.0. The Morgan fingerprint density at radius 3 is 1.76 bits per heavy atom. The van der Waals surface area contributed by atoms with E-state index in [1.807, 2.05) is 0 Å². The summed E-state index contributed by atoms with van der Waals surface area (Å²) >= 11 is 0. The fraction of sp³-hybridized carbons (Fsp3) is 0.613. The van der Waals surface area contributed by atoms with Crippen LogP contribution in [0.2, 0.25) is 47.7 Å². The molecule has 10 aliphatic rings. The molecule has 33 heavy (non-hydrogen) atoms. The van der Waals surface area contributed by atoms with Crippen LogP contribution in [0.1, 0.15) is 62.1 Å². The first-order chi connectivity index (χ1) is 15.9. The first-order valence-corrected chi connectivity index (χ1v) is 20.3. The summed E-state index contributed by atoms with van der Waals surface area (Å²) in [5.41, 5.74) is 3.27. The van der Waals surface area contributed by atoms with Gasteiger partial charge in [0.15, 0.2) is 0 Å². The molecular formula is C31H36FeO. The standard InChI is InChI=1S/C26H31O.C5H5.Fe/c1-2-3-4-5-6-8-13-22-18-20-25(21-19-22)26(27,24-16-11-12-17-24)23-14-9-7-10-15-23;1-2-4-5-3-1;/h7,9-12,14-21,27H,2-6,8,13H2,1H3;1-5H;. The van der Waals surface area contributed by atoms with E-state index in [-0.39, 0.29) is 0 Å². The number of rotatable bonds is 10. The summed E-state index contributed by atoms with van der Waals surface area (Å²) in [6.45, 7) is -1.21. The van der Waals surface area contributed by atoms with Crippen molar-refractivity contribution in [2.75, 3.05) is 0 Å². The van der Waals surface area contributed by atoms with E-state index < -0.39 is 12.1 Å². The summed E-state index contributed by atoms with van der Waals surface area (Å²) in [7, 11) is 0. The van der Waals surface area contributed by atoms with Crippen molar-refractivity contribution in [3.05, 3.63) is 71.3 Å². The van der Waals surface area contributed by atoms with Gasteiger partial charge in [0.1, 0.15) is 0 Å². The summed E-state index contributed by atoms with van der Waals surface area (Å²) in [5, 5.41) is 13.2. The van der Waals surface area contributed by atoms with Crippen LogP contribution in [0.15, 0.2) is 54.6 Å². The minimum atomic E-state index is -3.50. The van der Waals surface area contributed by atoms with Gasteiger partial charge in [-0.25, -0.2) is 0 Å². The van der Waals surface area contributed by atoms with Crippen molar-refractivity contribution in [3.8, 4) is 0 Å². The molecule has 174 valence electrons. The summed E-state index contributed by atoms with van der Waals surface area (Å²) in [6, 6.07) is 20.5. The van der Waals surface area contributed by atoms with E-state index in [1.165, 1.54) is 95.4 Å². The number of benzene rings is 2. The molecule has 0 saturated carbocycles. The Bertz CT molecular complexity index is 1570. The Labute approximate surface area is 187 Å². The molecule has 0 amide bonds. The molecule has 1 nitrogen and oxygen atoms in total. The maximum absolute atomic E-state index is 13.2. The van der Waals surface area contributed by atoms with Gasteiger partial charge >= 0.3 is 175 Å². The zero-order valence-corrected chi connectivity index (χ0v) is 20.7. The van der Waals surface area contributed by atoms with E-state index in [0.717, 1.165) is 9.63 Å². The molecule has 10 heterocycles. The molecule has 10 fully saturated rings. The third-order valence-electron chi connectivity index (χ3n) is 19.6. The third kappa shape index (κ3) is 0.386. The molecule has 2 aromatic carbocycles. The fourth-order valence-electron chi connectivity index (χ4n) is 20.5. The van der Waals surface area contributed by atoms with Crippen molar-refractivity contribution in [2.45, 2.75) is 105 Å². The number of fused-ring (bicyclic) bond motifs is 10. The molecule has 1 N–H and O–H groups in total. The first-order valence-electron chi connectivity index (χ1n) is 14.0. The topological polar surface area (TPSA) is 20.2 Å². The molecule has 2 heteroatoms. The van der Waals surface area contributed by atoms with E-state index >= 15 is 0 Å². The Morgan fingerprint density at radius 2 is 1.24 bits per heavy atom. The average molecular weight is 480 g/mol. The summed E-state index contributed by atoms with van der Waals surface area (Å²) in [4.78, 5) is 10.8. The zero-order valence-electron chi connectivity index (χ0n) is 19.6. The summed E-state index contributed by atoms with van der Waals surface area (Å²) in [5.74, 6) is 0. The van der Waals surface area contributed by atoms with E-state index in [9.17, 15) is 5.11 Å². The van der Waals surface area contributed by atoms with Gasteiger partial charge in [-0.1, -0.05) is 13.3 Å². The van der Waals surface area contributed by atoms with Crippen LogP contribution in [0, 0.1) is 0 Å². The molecule has 0 bridgehead atoms. The molecule has 5 atom stereocenters. The van der Waals surface area contributed by atoms with Gasteiger partial charge in [-0.15, -0.1) is 0 Å². The minimum absolute atomic E-state index is 0.397. The molecule has 5 unspecified atom stereocenters. The maximum atomic E-state index is 13.2. The van der Waals surface area contributed by atoms with Crippen LogP contribution in [0.4, 0.5) is 0 Å². The second-order valence-corrected chi connectivity index (χ2v) is 39.5. The van der Waals surface area contributed by atoms with Crippen LogP contribution in [-0.4, -0.2) is 5.11 Å². The quantitative estimate of drug-likeness (QED) is 0.267. The van der Waals surface area contributed by atoms with Crippen LogP contribution in [-0.2, 0) is 18.5 Å². The van der Waals surface area contributed by atoms with Gasteiger partial charge in [0.25, 0.3) is 0 Å². The molecule has 2 aromatic rings. The molecule has 12 rings (SSSR count). The molecule has 1 spiro atoms. The van der Waals surface area contributed by atoms with Gasteiger partial charge < -0.3 is 0 Å². The molecule has 0 radical (unpaired) electrons. The van der Waals surface area contributed by atoms with Crippen molar-refractivity contribution < 1.29 is 11.6 Å². The van der Waals surface area contributed by atoms with Gasteiger partial charge in [0.2, 0.25) is 0 Å². The van der Waals surface area contributed by atoms with Crippen LogP contribution < -0.4 is 0 Å². The van der Waals surface area contributed by atoms with Crippen molar-refractivity contribution in [2.24, 2.45) is 0 Å². The molecular weight excluding hydrogens is 444 g/mol. The molecule has 0 aliphatic carbocycles. The van der Waals surface area contributed by atoms with Crippen LogP contribution >= 0.6 is 0 Å². The van der Waals surface area contributed by atoms with Crippen molar-refractivity contribution in [1.82, 2.24) is 0 Å². The Kier molecular flexibility index (Phi) is 1.19. The Hall–Kier alpha value is -1.08. The van der Waals surface area contributed by atoms with E-state index in [2.05, 4.69) is 61.5 Å².